The van der Waals surface area contributed by atoms with Gasteiger partial charge in [0.25, 0.3) is 0 Å². The van der Waals surface area contributed by atoms with Gasteiger partial charge in [-0.1, -0.05) is 18.2 Å². The van der Waals surface area contributed by atoms with Crippen molar-refractivity contribution in [3.8, 4) is 0 Å². The first kappa shape index (κ1) is 21.0. The maximum absolute atomic E-state index is 13.5. The number of carbonyl (C=O) groups is 2. The molecule has 33 heavy (non-hydrogen) atoms. The molecule has 2 atom stereocenters. The average Bonchev–Trinajstić information content (AvgIpc) is 3.29. The van der Waals surface area contributed by atoms with Crippen molar-refractivity contribution in [3.63, 3.8) is 0 Å². The van der Waals surface area contributed by atoms with Crippen molar-refractivity contribution in [3.05, 3.63) is 52.8 Å². The van der Waals surface area contributed by atoms with Gasteiger partial charge >= 0.3 is 0 Å². The number of anilines is 1. The van der Waals surface area contributed by atoms with E-state index in [2.05, 4.69) is 32.2 Å². The van der Waals surface area contributed by atoms with Gasteiger partial charge in [0.05, 0.1) is 6.67 Å². The molecule has 2 unspecified atom stereocenters. The Balaban J connectivity index is 1.17. The summed E-state index contributed by atoms with van der Waals surface area (Å²) >= 11 is 0. The molecule has 174 valence electrons. The SMILES string of the molecule is O=C1c2c([nH]c3c2CCCC3)CCC1CN1CCCC2(CC1)C(=O)NCN2c1ccccc1. The van der Waals surface area contributed by atoms with E-state index in [9.17, 15) is 9.59 Å². The Hall–Kier alpha value is -2.60. The van der Waals surface area contributed by atoms with E-state index in [-0.39, 0.29) is 11.8 Å². The van der Waals surface area contributed by atoms with Crippen molar-refractivity contribution in [2.45, 2.75) is 63.3 Å². The third kappa shape index (κ3) is 3.50. The molecule has 6 rings (SSSR count). The topological polar surface area (TPSA) is 68.4 Å². The number of likely N-dealkylation sites (tertiary alicyclic amines) is 1. The number of hydrogen-bond donors (Lipinski definition) is 2. The lowest BCUT2D eigenvalue weighted by Gasteiger charge is -2.36. The number of benzene rings is 1. The van der Waals surface area contributed by atoms with Crippen LogP contribution in [-0.4, -0.2) is 53.4 Å². The smallest absolute Gasteiger partial charge is 0.247 e. The van der Waals surface area contributed by atoms with Crippen LogP contribution in [0.1, 0.15) is 65.8 Å². The van der Waals surface area contributed by atoms with Gasteiger partial charge in [0.15, 0.2) is 5.78 Å². The Morgan fingerprint density at radius 2 is 1.79 bits per heavy atom. The molecule has 1 aromatic carbocycles. The molecular weight excluding hydrogens is 412 g/mol. The van der Waals surface area contributed by atoms with E-state index in [0.717, 1.165) is 75.8 Å². The molecule has 0 radical (unpaired) electrons. The summed E-state index contributed by atoms with van der Waals surface area (Å²) in [7, 11) is 0. The summed E-state index contributed by atoms with van der Waals surface area (Å²) in [6.45, 7) is 3.21. The van der Waals surface area contributed by atoms with E-state index >= 15 is 0 Å². The molecule has 1 amide bonds. The number of H-pyrrole nitrogens is 1. The van der Waals surface area contributed by atoms with Gasteiger partial charge < -0.3 is 20.1 Å². The van der Waals surface area contributed by atoms with E-state index in [1.165, 1.54) is 29.8 Å². The Bertz CT molecular complexity index is 1060. The van der Waals surface area contributed by atoms with E-state index in [0.29, 0.717) is 12.5 Å². The number of Topliss-reactive ketones (excluding diaryl/α,β-unsaturated/α-hetero) is 1. The van der Waals surface area contributed by atoms with Crippen molar-refractivity contribution in [1.82, 2.24) is 15.2 Å². The lowest BCUT2D eigenvalue weighted by atomic mass is 9.82. The standard InChI is InChI=1S/C27H34N4O2/c32-25-19(11-12-23-24(25)21-9-4-5-10-22(21)29-23)17-30-15-6-13-27(14-16-30)26(33)28-18-31(27)20-7-2-1-3-8-20/h1-3,7-8,19,29H,4-6,9-18H2,(H,28,33). The van der Waals surface area contributed by atoms with Gasteiger partial charge in [-0.25, -0.2) is 0 Å². The van der Waals surface area contributed by atoms with Crippen LogP contribution in [-0.2, 0) is 24.1 Å². The predicted molar refractivity (Wildman–Crippen MR) is 129 cm³/mol. The van der Waals surface area contributed by atoms with Gasteiger partial charge in [-0.15, -0.1) is 0 Å². The van der Waals surface area contributed by atoms with Gasteiger partial charge in [-0.3, -0.25) is 9.59 Å². The summed E-state index contributed by atoms with van der Waals surface area (Å²) in [6.07, 6.45) is 9.13. The zero-order valence-corrected chi connectivity index (χ0v) is 19.4. The fraction of sp³-hybridized carbons (Fsp3) is 0.556. The minimum Gasteiger partial charge on any atom is -0.361 e. The highest BCUT2D eigenvalue weighted by molar-refractivity contribution is 6.02. The molecule has 2 aliphatic carbocycles. The molecule has 6 nitrogen and oxygen atoms in total. The summed E-state index contributed by atoms with van der Waals surface area (Å²) in [5.41, 5.74) is 5.51. The molecule has 0 bridgehead atoms. The van der Waals surface area contributed by atoms with E-state index in [1.54, 1.807) is 0 Å². The fourth-order valence-corrected chi connectivity index (χ4v) is 6.76. The minimum atomic E-state index is -0.473. The Kier molecular flexibility index (Phi) is 5.28. The van der Waals surface area contributed by atoms with Crippen molar-refractivity contribution in [2.75, 3.05) is 31.2 Å². The Morgan fingerprint density at radius 1 is 0.939 bits per heavy atom. The molecule has 2 aliphatic heterocycles. The summed E-state index contributed by atoms with van der Waals surface area (Å²) in [6, 6.07) is 10.3. The van der Waals surface area contributed by atoms with Gasteiger partial charge in [0.1, 0.15) is 5.54 Å². The van der Waals surface area contributed by atoms with Crippen molar-refractivity contribution >= 4 is 17.4 Å². The summed E-state index contributed by atoms with van der Waals surface area (Å²) in [5, 5.41) is 3.11. The first-order valence-electron chi connectivity index (χ1n) is 12.8. The van der Waals surface area contributed by atoms with Crippen LogP contribution in [0.4, 0.5) is 5.69 Å². The highest BCUT2D eigenvalue weighted by Gasteiger charge is 2.49. The van der Waals surface area contributed by atoms with Crippen molar-refractivity contribution in [2.24, 2.45) is 5.92 Å². The second kappa shape index (κ2) is 8.32. The number of para-hydroxylation sites is 1. The van der Waals surface area contributed by atoms with Gasteiger partial charge in [-0.2, -0.15) is 0 Å². The molecule has 3 heterocycles. The normalized spacial score (nSPS) is 27.9. The van der Waals surface area contributed by atoms with Crippen LogP contribution in [0.3, 0.4) is 0 Å². The lowest BCUT2D eigenvalue weighted by Crippen LogP contribution is -2.50. The third-order valence-electron chi connectivity index (χ3n) is 8.52. The molecule has 1 spiro atoms. The second-order valence-corrected chi connectivity index (χ2v) is 10.4. The molecule has 6 heteroatoms. The maximum atomic E-state index is 13.5. The number of aromatic nitrogens is 1. The van der Waals surface area contributed by atoms with Crippen LogP contribution in [0.15, 0.2) is 30.3 Å². The van der Waals surface area contributed by atoms with E-state index < -0.39 is 5.54 Å². The average molecular weight is 447 g/mol. The van der Waals surface area contributed by atoms with Crippen LogP contribution in [0, 0.1) is 5.92 Å². The molecule has 2 N–H and O–H groups in total. The zero-order chi connectivity index (χ0) is 22.4. The van der Waals surface area contributed by atoms with E-state index in [4.69, 9.17) is 0 Å². The Morgan fingerprint density at radius 3 is 2.67 bits per heavy atom. The molecule has 2 aromatic rings. The number of amides is 1. The number of ketones is 1. The molecule has 2 saturated heterocycles. The number of nitrogens with one attached hydrogen (secondary N) is 2. The van der Waals surface area contributed by atoms with Gasteiger partial charge in [-0.05, 0) is 82.0 Å². The fourth-order valence-electron chi connectivity index (χ4n) is 6.76. The predicted octanol–water partition coefficient (Wildman–Crippen LogP) is 3.46. The number of aryl methyl sites for hydroxylation is 2. The highest BCUT2D eigenvalue weighted by Crippen LogP contribution is 2.38. The number of aromatic amines is 1. The Labute approximate surface area is 195 Å². The maximum Gasteiger partial charge on any atom is 0.247 e. The van der Waals surface area contributed by atoms with Crippen LogP contribution < -0.4 is 10.2 Å². The quantitative estimate of drug-likeness (QED) is 0.758. The largest absolute Gasteiger partial charge is 0.361 e. The van der Waals surface area contributed by atoms with Gasteiger partial charge in [0, 0.05) is 41.6 Å². The summed E-state index contributed by atoms with van der Waals surface area (Å²) < 4.78 is 0. The van der Waals surface area contributed by atoms with Crippen LogP contribution >= 0.6 is 0 Å². The van der Waals surface area contributed by atoms with E-state index in [1.807, 2.05) is 18.2 Å². The number of nitrogens with zero attached hydrogens (tertiary/aromatic N) is 2. The first-order valence-corrected chi connectivity index (χ1v) is 12.8. The summed E-state index contributed by atoms with van der Waals surface area (Å²) in [4.78, 5) is 34.9. The van der Waals surface area contributed by atoms with Crippen LogP contribution in [0.5, 0.6) is 0 Å². The molecule has 4 aliphatic rings. The molecule has 0 saturated carbocycles. The number of rotatable bonds is 3. The van der Waals surface area contributed by atoms with Gasteiger partial charge in [0.2, 0.25) is 5.91 Å². The highest BCUT2D eigenvalue weighted by atomic mass is 16.2. The third-order valence-corrected chi connectivity index (χ3v) is 8.52. The zero-order valence-electron chi connectivity index (χ0n) is 19.4. The summed E-state index contributed by atoms with van der Waals surface area (Å²) in [5.74, 6) is 0.598. The minimum absolute atomic E-state index is 0.0796. The van der Waals surface area contributed by atoms with Crippen molar-refractivity contribution < 1.29 is 9.59 Å². The number of carbonyl (C=O) groups excluding carboxylic acids is 2. The monoisotopic (exact) mass is 446 g/mol. The van der Waals surface area contributed by atoms with Crippen molar-refractivity contribution in [1.29, 1.82) is 0 Å². The van der Waals surface area contributed by atoms with Crippen LogP contribution in [0.2, 0.25) is 0 Å². The molecule has 2 fully saturated rings. The molecular formula is C27H34N4O2. The molecule has 1 aromatic heterocycles. The second-order valence-electron chi connectivity index (χ2n) is 10.4. The number of fused-ring (bicyclic) bond motifs is 3. The number of hydrogen-bond acceptors (Lipinski definition) is 4. The first-order chi connectivity index (χ1) is 16.2. The van der Waals surface area contributed by atoms with Crippen LogP contribution in [0.25, 0.3) is 0 Å². The lowest BCUT2D eigenvalue weighted by molar-refractivity contribution is -0.124.